The number of H-pyrrole nitrogens is 1. The first-order valence-electron chi connectivity index (χ1n) is 13.1. The molecule has 2 aromatic carbocycles. The van der Waals surface area contributed by atoms with Gasteiger partial charge in [-0.25, -0.2) is 17.8 Å². The summed E-state index contributed by atoms with van der Waals surface area (Å²) < 4.78 is 31.7. The molecule has 1 aliphatic rings. The van der Waals surface area contributed by atoms with E-state index in [0.29, 0.717) is 26.5 Å². The zero-order valence-electron chi connectivity index (χ0n) is 22.1. The Hall–Kier alpha value is -3.29. The van der Waals surface area contributed by atoms with Crippen molar-refractivity contribution in [2.24, 2.45) is 0 Å². The van der Waals surface area contributed by atoms with Crippen LogP contribution in [-0.4, -0.2) is 73.8 Å². The third-order valence-electron chi connectivity index (χ3n) is 6.78. The van der Waals surface area contributed by atoms with Crippen LogP contribution in [0.1, 0.15) is 12.0 Å². The molecule has 0 bridgehead atoms. The number of morpholine rings is 1. The van der Waals surface area contributed by atoms with Gasteiger partial charge in [-0.15, -0.1) is 11.3 Å². The number of sulfone groups is 1. The number of hydrogen-bond acceptors (Lipinski definition) is 9. The lowest BCUT2D eigenvalue weighted by Gasteiger charge is -2.26. The highest BCUT2D eigenvalue weighted by molar-refractivity contribution is 7.94. The molecule has 0 spiro atoms. The van der Waals surface area contributed by atoms with Gasteiger partial charge in [0.25, 0.3) is 5.56 Å². The summed E-state index contributed by atoms with van der Waals surface area (Å²) in [6.07, 6.45) is 0.848. The maximum Gasteiger partial charge on any atom is 0.333 e. The number of ether oxygens (including phenoxy) is 1. The van der Waals surface area contributed by atoms with E-state index >= 15 is 0 Å². The third kappa shape index (κ3) is 7.14. The standard InChI is InChI=1S/C28H29ClN4O6S2/c29-25-8-9-26(40-25)41(37,38)18-22(34)16-19-2-5-21(6-3-19)33-27(35)23-7-4-20(17-24(23)31-28(33)36)30-10-1-11-32-12-14-39-15-13-32/h2-9,17,30H,1,10-16,18H2,(H,31,36). The minimum atomic E-state index is -3.77. The fourth-order valence-electron chi connectivity index (χ4n) is 4.71. The number of halogens is 1. The van der Waals surface area contributed by atoms with Crippen LogP contribution in [0.4, 0.5) is 5.69 Å². The van der Waals surface area contributed by atoms with Gasteiger partial charge in [0.15, 0.2) is 15.6 Å². The number of aromatic amines is 1. The van der Waals surface area contributed by atoms with Gasteiger partial charge in [0, 0.05) is 31.7 Å². The smallest absolute Gasteiger partial charge is 0.333 e. The van der Waals surface area contributed by atoms with Crippen molar-refractivity contribution in [3.05, 3.63) is 85.3 Å². The Labute approximate surface area is 245 Å². The number of hydrogen-bond donors (Lipinski definition) is 2. The van der Waals surface area contributed by atoms with E-state index in [1.54, 1.807) is 36.4 Å². The number of anilines is 1. The molecule has 0 radical (unpaired) electrons. The molecule has 0 unspecified atom stereocenters. The van der Waals surface area contributed by atoms with Crippen LogP contribution < -0.4 is 16.6 Å². The Bertz CT molecular complexity index is 1770. The number of carbonyl (C=O) groups excluding carboxylic acids is 1. The van der Waals surface area contributed by atoms with Crippen LogP contribution in [0.15, 0.2) is 68.4 Å². The van der Waals surface area contributed by atoms with Crippen LogP contribution in [0.25, 0.3) is 16.6 Å². The minimum Gasteiger partial charge on any atom is -0.385 e. The number of rotatable bonds is 11. The van der Waals surface area contributed by atoms with Crippen molar-refractivity contribution < 1.29 is 17.9 Å². The van der Waals surface area contributed by atoms with Crippen LogP contribution in [0.5, 0.6) is 0 Å². The molecule has 2 aromatic heterocycles. The van der Waals surface area contributed by atoms with Crippen molar-refractivity contribution in [2.75, 3.05) is 50.5 Å². The van der Waals surface area contributed by atoms with Gasteiger partial charge in [-0.2, -0.15) is 0 Å². The SMILES string of the molecule is O=C(Cc1ccc(-n2c(=O)[nH]c3cc(NCCCN4CCOCC4)ccc3c2=O)cc1)CS(=O)(=O)c1ccc(Cl)s1. The second-order valence-corrected chi connectivity index (χ2v) is 13.7. The van der Waals surface area contributed by atoms with Gasteiger partial charge in [0.1, 0.15) is 9.96 Å². The summed E-state index contributed by atoms with van der Waals surface area (Å²) in [4.78, 5) is 43.8. The normalized spacial score (nSPS) is 14.4. The van der Waals surface area contributed by atoms with Crippen molar-refractivity contribution in [3.8, 4) is 5.69 Å². The molecule has 216 valence electrons. The average Bonchev–Trinajstić information content (AvgIpc) is 3.39. The topological polar surface area (TPSA) is 131 Å². The van der Waals surface area contributed by atoms with Crippen LogP contribution in [0, 0.1) is 0 Å². The second kappa shape index (κ2) is 12.7. The van der Waals surface area contributed by atoms with Crippen molar-refractivity contribution in [1.29, 1.82) is 0 Å². The van der Waals surface area contributed by atoms with E-state index < -0.39 is 32.6 Å². The third-order valence-corrected chi connectivity index (χ3v) is 10.3. The Kier molecular flexibility index (Phi) is 9.05. The zero-order chi connectivity index (χ0) is 29.0. The summed E-state index contributed by atoms with van der Waals surface area (Å²) in [6, 6.07) is 14.4. The predicted octanol–water partition coefficient (Wildman–Crippen LogP) is 3.11. The van der Waals surface area contributed by atoms with E-state index in [9.17, 15) is 22.8 Å². The highest BCUT2D eigenvalue weighted by atomic mass is 35.5. The van der Waals surface area contributed by atoms with E-state index in [-0.39, 0.29) is 10.6 Å². The number of Topliss-reactive ketones (excluding diaryl/α,β-unsaturated/α-hetero) is 1. The number of ketones is 1. The molecule has 1 aliphatic heterocycles. The number of fused-ring (bicyclic) bond motifs is 1. The molecule has 41 heavy (non-hydrogen) atoms. The summed E-state index contributed by atoms with van der Waals surface area (Å²) in [5, 5.41) is 3.71. The van der Waals surface area contributed by atoms with Gasteiger partial charge < -0.3 is 15.0 Å². The van der Waals surface area contributed by atoms with E-state index in [0.717, 1.165) is 67.4 Å². The number of carbonyl (C=O) groups is 1. The van der Waals surface area contributed by atoms with Crippen molar-refractivity contribution >= 4 is 55.1 Å². The van der Waals surface area contributed by atoms with Crippen LogP contribution in [0.2, 0.25) is 4.34 Å². The summed E-state index contributed by atoms with van der Waals surface area (Å²) >= 11 is 6.73. The molecule has 2 N–H and O–H groups in total. The molecule has 10 nitrogen and oxygen atoms in total. The Morgan fingerprint density at radius 3 is 2.51 bits per heavy atom. The average molecular weight is 617 g/mol. The molecule has 0 atom stereocenters. The number of aromatic nitrogens is 2. The molecule has 5 rings (SSSR count). The molecule has 0 amide bonds. The Balaban J connectivity index is 1.24. The summed E-state index contributed by atoms with van der Waals surface area (Å²) in [5.74, 6) is -1.12. The van der Waals surface area contributed by atoms with Gasteiger partial charge in [-0.05, 0) is 61.0 Å². The van der Waals surface area contributed by atoms with Gasteiger partial charge in [0.2, 0.25) is 0 Å². The molecule has 3 heterocycles. The molecule has 1 fully saturated rings. The second-order valence-electron chi connectivity index (χ2n) is 9.76. The van der Waals surface area contributed by atoms with Crippen molar-refractivity contribution in [1.82, 2.24) is 14.5 Å². The fourth-order valence-corrected chi connectivity index (χ4v) is 7.52. The van der Waals surface area contributed by atoms with Crippen LogP contribution >= 0.6 is 22.9 Å². The molecule has 1 saturated heterocycles. The first-order valence-corrected chi connectivity index (χ1v) is 16.0. The summed E-state index contributed by atoms with van der Waals surface area (Å²) in [6.45, 7) is 5.16. The number of nitrogens with zero attached hydrogens (tertiary/aromatic N) is 2. The number of benzene rings is 2. The van der Waals surface area contributed by atoms with E-state index in [1.165, 1.54) is 12.1 Å². The highest BCUT2D eigenvalue weighted by Crippen LogP contribution is 2.26. The van der Waals surface area contributed by atoms with Gasteiger partial charge >= 0.3 is 5.69 Å². The fraction of sp³-hybridized carbons (Fsp3) is 0.321. The van der Waals surface area contributed by atoms with Crippen molar-refractivity contribution in [3.63, 3.8) is 0 Å². The zero-order valence-corrected chi connectivity index (χ0v) is 24.5. The van der Waals surface area contributed by atoms with Gasteiger partial charge in [0.05, 0.1) is 34.1 Å². The predicted molar refractivity (Wildman–Crippen MR) is 161 cm³/mol. The van der Waals surface area contributed by atoms with Crippen molar-refractivity contribution in [2.45, 2.75) is 17.1 Å². The van der Waals surface area contributed by atoms with Crippen LogP contribution in [-0.2, 0) is 25.8 Å². The Morgan fingerprint density at radius 2 is 1.80 bits per heavy atom. The maximum atomic E-state index is 13.2. The largest absolute Gasteiger partial charge is 0.385 e. The number of thiophene rings is 1. The Morgan fingerprint density at radius 1 is 1.05 bits per heavy atom. The van der Waals surface area contributed by atoms with E-state index in [2.05, 4.69) is 15.2 Å². The van der Waals surface area contributed by atoms with Gasteiger partial charge in [-0.3, -0.25) is 14.5 Å². The quantitative estimate of drug-likeness (QED) is 0.246. The maximum absolute atomic E-state index is 13.2. The molecule has 0 aliphatic carbocycles. The molecular formula is C28H29ClN4O6S2. The minimum absolute atomic E-state index is 0.0489. The number of nitrogens with one attached hydrogen (secondary N) is 2. The molecular weight excluding hydrogens is 588 g/mol. The first-order chi connectivity index (χ1) is 19.7. The van der Waals surface area contributed by atoms with Crippen LogP contribution in [0.3, 0.4) is 0 Å². The lowest BCUT2D eigenvalue weighted by Crippen LogP contribution is -2.37. The lowest BCUT2D eigenvalue weighted by molar-refractivity contribution is -0.116. The molecule has 4 aromatic rings. The molecule has 13 heteroatoms. The van der Waals surface area contributed by atoms with Gasteiger partial charge in [-0.1, -0.05) is 23.7 Å². The molecule has 0 saturated carbocycles. The monoisotopic (exact) mass is 616 g/mol. The first kappa shape index (κ1) is 29.2. The van der Waals surface area contributed by atoms with E-state index in [1.807, 2.05) is 6.07 Å². The summed E-state index contributed by atoms with van der Waals surface area (Å²) in [5.41, 5.74) is 1.09. The summed E-state index contributed by atoms with van der Waals surface area (Å²) in [7, 11) is -3.77. The van der Waals surface area contributed by atoms with E-state index in [4.69, 9.17) is 16.3 Å². The highest BCUT2D eigenvalue weighted by Gasteiger charge is 2.21. The lowest BCUT2D eigenvalue weighted by atomic mass is 10.1.